The molecule has 0 aromatic heterocycles. The molecule has 1 fully saturated rings. The number of likely N-dealkylation sites (tertiary alicyclic amines) is 1. The van der Waals surface area contributed by atoms with Crippen LogP contribution < -0.4 is 5.32 Å². The molecule has 0 spiro atoms. The molecule has 1 atom stereocenters. The van der Waals surface area contributed by atoms with Crippen LogP contribution in [-0.4, -0.2) is 53.2 Å². The number of carbonyl (C=O) groups excluding carboxylic acids is 3. The summed E-state index contributed by atoms with van der Waals surface area (Å²) >= 11 is 0. The molecule has 1 saturated heterocycles. The van der Waals surface area contributed by atoms with Gasteiger partial charge in [0, 0.05) is 32.1 Å². The number of rotatable bonds is 7. The molecule has 1 aliphatic rings. The fourth-order valence-corrected chi connectivity index (χ4v) is 3.04. The van der Waals surface area contributed by atoms with Crippen molar-refractivity contribution in [2.24, 2.45) is 5.92 Å². The minimum atomic E-state index is -0.372. The van der Waals surface area contributed by atoms with Crippen LogP contribution in [0.25, 0.3) is 0 Å². The summed E-state index contributed by atoms with van der Waals surface area (Å²) in [6.07, 6.45) is 0.216. The molecule has 3 amide bonds. The lowest BCUT2D eigenvalue weighted by molar-refractivity contribution is -0.139. The number of likely N-dealkylation sites (N-methyl/N-ethyl adjacent to an activating group) is 1. The molecule has 1 N–H and O–H groups in total. The Bertz CT molecular complexity index is 616. The molecule has 0 radical (unpaired) electrons. The van der Waals surface area contributed by atoms with Gasteiger partial charge in [0.15, 0.2) is 0 Å². The highest BCUT2D eigenvalue weighted by Gasteiger charge is 2.36. The summed E-state index contributed by atoms with van der Waals surface area (Å²) in [7, 11) is 0. The van der Waals surface area contributed by atoms with Gasteiger partial charge in [0.25, 0.3) is 0 Å². The molecule has 1 aliphatic heterocycles. The van der Waals surface area contributed by atoms with E-state index >= 15 is 0 Å². The van der Waals surface area contributed by atoms with Gasteiger partial charge in [-0.3, -0.25) is 14.4 Å². The highest BCUT2D eigenvalue weighted by Crippen LogP contribution is 2.22. The SMILES string of the molecule is CCN(CC(=O)NC(C)C)C(=O)C1CC(=O)N(Cc2ccccc2)C1. The fraction of sp³-hybridized carbons (Fsp3) is 0.526. The number of amides is 3. The van der Waals surface area contributed by atoms with Crippen LogP contribution in [0.15, 0.2) is 30.3 Å². The molecular weight excluding hydrogens is 318 g/mol. The summed E-state index contributed by atoms with van der Waals surface area (Å²) < 4.78 is 0. The third-order valence-corrected chi connectivity index (χ3v) is 4.26. The second-order valence-corrected chi connectivity index (χ2v) is 6.74. The molecule has 0 saturated carbocycles. The maximum absolute atomic E-state index is 12.7. The van der Waals surface area contributed by atoms with E-state index in [0.29, 0.717) is 19.6 Å². The molecule has 1 aromatic rings. The Morgan fingerprint density at radius 3 is 2.56 bits per heavy atom. The first-order chi connectivity index (χ1) is 11.9. The lowest BCUT2D eigenvalue weighted by Gasteiger charge is -2.24. The van der Waals surface area contributed by atoms with Crippen molar-refractivity contribution in [3.8, 4) is 0 Å². The van der Waals surface area contributed by atoms with E-state index in [0.717, 1.165) is 5.56 Å². The highest BCUT2D eigenvalue weighted by atomic mass is 16.2. The van der Waals surface area contributed by atoms with Gasteiger partial charge in [-0.25, -0.2) is 0 Å². The standard InChI is InChI=1S/C19H27N3O3/c1-4-21(13-17(23)20-14(2)3)19(25)16-10-18(24)22(12-16)11-15-8-6-5-7-9-15/h5-9,14,16H,4,10-13H2,1-3H3,(H,20,23). The van der Waals surface area contributed by atoms with Crippen LogP contribution in [0.3, 0.4) is 0 Å². The van der Waals surface area contributed by atoms with Gasteiger partial charge in [-0.05, 0) is 26.3 Å². The topological polar surface area (TPSA) is 69.7 Å². The Kier molecular flexibility index (Phi) is 6.56. The zero-order valence-corrected chi connectivity index (χ0v) is 15.2. The lowest BCUT2D eigenvalue weighted by Crippen LogP contribution is -2.45. The Balaban J connectivity index is 1.95. The van der Waals surface area contributed by atoms with Gasteiger partial charge in [-0.15, -0.1) is 0 Å². The van der Waals surface area contributed by atoms with Crippen LogP contribution in [0, 0.1) is 5.92 Å². The van der Waals surface area contributed by atoms with E-state index in [9.17, 15) is 14.4 Å². The quantitative estimate of drug-likeness (QED) is 0.812. The zero-order valence-electron chi connectivity index (χ0n) is 15.2. The second kappa shape index (κ2) is 8.65. The van der Waals surface area contributed by atoms with E-state index in [2.05, 4.69) is 5.32 Å². The molecule has 1 aromatic carbocycles. The van der Waals surface area contributed by atoms with Crippen molar-refractivity contribution in [2.45, 2.75) is 39.8 Å². The predicted octanol–water partition coefficient (Wildman–Crippen LogP) is 1.41. The summed E-state index contributed by atoms with van der Waals surface area (Å²) in [4.78, 5) is 40.1. The minimum Gasteiger partial charge on any atom is -0.352 e. The van der Waals surface area contributed by atoms with Crippen molar-refractivity contribution < 1.29 is 14.4 Å². The summed E-state index contributed by atoms with van der Waals surface area (Å²) in [5.74, 6) is -0.672. The second-order valence-electron chi connectivity index (χ2n) is 6.74. The summed E-state index contributed by atoms with van der Waals surface area (Å²) in [6.45, 7) is 7.03. The first-order valence-corrected chi connectivity index (χ1v) is 8.80. The van der Waals surface area contributed by atoms with Crippen LogP contribution in [0.5, 0.6) is 0 Å². The van der Waals surface area contributed by atoms with Crippen LogP contribution >= 0.6 is 0 Å². The van der Waals surface area contributed by atoms with Crippen molar-refractivity contribution in [3.63, 3.8) is 0 Å². The predicted molar refractivity (Wildman–Crippen MR) is 95.5 cm³/mol. The molecular formula is C19H27N3O3. The van der Waals surface area contributed by atoms with Crippen molar-refractivity contribution >= 4 is 17.7 Å². The molecule has 2 rings (SSSR count). The highest BCUT2D eigenvalue weighted by molar-refractivity contribution is 5.91. The van der Waals surface area contributed by atoms with E-state index < -0.39 is 0 Å². The Morgan fingerprint density at radius 1 is 1.28 bits per heavy atom. The van der Waals surface area contributed by atoms with Gasteiger partial charge in [0.05, 0.1) is 12.5 Å². The number of hydrogen-bond donors (Lipinski definition) is 1. The van der Waals surface area contributed by atoms with Crippen molar-refractivity contribution in [3.05, 3.63) is 35.9 Å². The van der Waals surface area contributed by atoms with E-state index in [1.807, 2.05) is 51.1 Å². The normalized spacial score (nSPS) is 17.0. The maximum atomic E-state index is 12.7. The van der Waals surface area contributed by atoms with Crippen molar-refractivity contribution in [1.82, 2.24) is 15.1 Å². The largest absolute Gasteiger partial charge is 0.352 e. The zero-order chi connectivity index (χ0) is 18.4. The van der Waals surface area contributed by atoms with Crippen LogP contribution in [0.4, 0.5) is 0 Å². The third-order valence-electron chi connectivity index (χ3n) is 4.26. The molecule has 6 nitrogen and oxygen atoms in total. The number of hydrogen-bond acceptors (Lipinski definition) is 3. The monoisotopic (exact) mass is 345 g/mol. The first kappa shape index (κ1) is 19.0. The number of benzene rings is 1. The van der Waals surface area contributed by atoms with Gasteiger partial charge in [0.2, 0.25) is 17.7 Å². The molecule has 136 valence electrons. The molecule has 0 aliphatic carbocycles. The average Bonchev–Trinajstić information content (AvgIpc) is 2.93. The summed E-state index contributed by atoms with van der Waals surface area (Å²) in [6, 6.07) is 9.78. The Hall–Kier alpha value is -2.37. The number of nitrogens with zero attached hydrogens (tertiary/aromatic N) is 2. The fourth-order valence-electron chi connectivity index (χ4n) is 3.04. The Morgan fingerprint density at radius 2 is 1.96 bits per heavy atom. The van der Waals surface area contributed by atoms with E-state index in [-0.39, 0.29) is 42.6 Å². The van der Waals surface area contributed by atoms with Gasteiger partial charge >= 0.3 is 0 Å². The van der Waals surface area contributed by atoms with Crippen LogP contribution in [-0.2, 0) is 20.9 Å². The van der Waals surface area contributed by atoms with Gasteiger partial charge < -0.3 is 15.1 Å². The van der Waals surface area contributed by atoms with Crippen molar-refractivity contribution in [2.75, 3.05) is 19.6 Å². The molecule has 25 heavy (non-hydrogen) atoms. The Labute approximate surface area is 149 Å². The average molecular weight is 345 g/mol. The van der Waals surface area contributed by atoms with Gasteiger partial charge in [0.1, 0.15) is 0 Å². The smallest absolute Gasteiger partial charge is 0.239 e. The van der Waals surface area contributed by atoms with Gasteiger partial charge in [-0.2, -0.15) is 0 Å². The number of carbonyl (C=O) groups is 3. The van der Waals surface area contributed by atoms with E-state index in [1.165, 1.54) is 4.90 Å². The van der Waals surface area contributed by atoms with Crippen molar-refractivity contribution in [1.29, 1.82) is 0 Å². The van der Waals surface area contributed by atoms with E-state index in [1.54, 1.807) is 4.90 Å². The third kappa shape index (κ3) is 5.31. The van der Waals surface area contributed by atoms with Crippen LogP contribution in [0.1, 0.15) is 32.8 Å². The molecule has 1 unspecified atom stereocenters. The molecule has 6 heteroatoms. The number of nitrogens with one attached hydrogen (secondary N) is 1. The van der Waals surface area contributed by atoms with E-state index in [4.69, 9.17) is 0 Å². The minimum absolute atomic E-state index is 0.00936. The van der Waals surface area contributed by atoms with Crippen LogP contribution in [0.2, 0.25) is 0 Å². The first-order valence-electron chi connectivity index (χ1n) is 8.80. The lowest BCUT2D eigenvalue weighted by atomic mass is 10.1. The molecule has 0 bridgehead atoms. The maximum Gasteiger partial charge on any atom is 0.239 e. The van der Waals surface area contributed by atoms with Gasteiger partial charge in [-0.1, -0.05) is 30.3 Å². The summed E-state index contributed by atoms with van der Waals surface area (Å²) in [5, 5.41) is 2.79. The molecule has 1 heterocycles. The summed E-state index contributed by atoms with van der Waals surface area (Å²) in [5.41, 5.74) is 1.05.